The SMILES string of the molecule is C=Cc1c(N=C)c2/c(=C\CNC)c(C)c(C(C)C)c(=O)n2c1C. The molecule has 0 atom stereocenters. The highest BCUT2D eigenvalue weighted by Gasteiger charge is 2.21. The topological polar surface area (TPSA) is 45.9 Å². The van der Waals surface area contributed by atoms with Crippen molar-refractivity contribution in [3.63, 3.8) is 0 Å². The smallest absolute Gasteiger partial charge is 0.259 e. The molecule has 122 valence electrons. The monoisotopic (exact) mass is 311 g/mol. The van der Waals surface area contributed by atoms with Gasteiger partial charge in [-0.3, -0.25) is 14.2 Å². The van der Waals surface area contributed by atoms with E-state index in [1.165, 1.54) is 0 Å². The second-order valence-corrected chi connectivity index (χ2v) is 6.07. The van der Waals surface area contributed by atoms with E-state index in [0.717, 1.165) is 45.4 Å². The molecule has 0 aromatic carbocycles. The summed E-state index contributed by atoms with van der Waals surface area (Å²) in [4.78, 5) is 17.3. The van der Waals surface area contributed by atoms with Crippen LogP contribution in [0.15, 0.2) is 16.4 Å². The Balaban J connectivity index is 3.22. The van der Waals surface area contributed by atoms with E-state index in [1.807, 2.05) is 20.9 Å². The van der Waals surface area contributed by atoms with Gasteiger partial charge < -0.3 is 5.32 Å². The van der Waals surface area contributed by atoms with Crippen LogP contribution >= 0.6 is 0 Å². The van der Waals surface area contributed by atoms with Gasteiger partial charge in [-0.2, -0.15) is 0 Å². The van der Waals surface area contributed by atoms with Crippen LogP contribution in [0.5, 0.6) is 0 Å². The van der Waals surface area contributed by atoms with Crippen molar-refractivity contribution in [1.82, 2.24) is 9.72 Å². The number of rotatable bonds is 5. The van der Waals surface area contributed by atoms with Crippen LogP contribution in [0.2, 0.25) is 0 Å². The molecule has 2 rings (SSSR count). The van der Waals surface area contributed by atoms with E-state index in [1.54, 1.807) is 10.5 Å². The Bertz CT molecular complexity index is 888. The van der Waals surface area contributed by atoms with E-state index in [0.29, 0.717) is 0 Å². The first-order valence-electron chi connectivity index (χ1n) is 7.86. The fourth-order valence-electron chi connectivity index (χ4n) is 3.34. The summed E-state index contributed by atoms with van der Waals surface area (Å²) in [6.07, 6.45) is 3.86. The molecule has 0 aliphatic heterocycles. The number of nitrogens with zero attached hydrogens (tertiary/aromatic N) is 2. The van der Waals surface area contributed by atoms with Crippen LogP contribution in [0.4, 0.5) is 5.69 Å². The highest BCUT2D eigenvalue weighted by molar-refractivity contribution is 5.85. The van der Waals surface area contributed by atoms with E-state index in [9.17, 15) is 4.79 Å². The van der Waals surface area contributed by atoms with E-state index in [2.05, 4.69) is 43.5 Å². The lowest BCUT2D eigenvalue weighted by molar-refractivity contribution is 0.818. The molecule has 0 spiro atoms. The molecule has 2 heterocycles. The van der Waals surface area contributed by atoms with Crippen LogP contribution in [-0.4, -0.2) is 24.7 Å². The van der Waals surface area contributed by atoms with Gasteiger partial charge in [0.05, 0.1) is 11.2 Å². The van der Waals surface area contributed by atoms with Crippen LogP contribution in [0.25, 0.3) is 17.7 Å². The molecule has 4 nitrogen and oxygen atoms in total. The first-order valence-corrected chi connectivity index (χ1v) is 7.86. The molecular weight excluding hydrogens is 286 g/mol. The van der Waals surface area contributed by atoms with Crippen molar-refractivity contribution in [2.24, 2.45) is 4.99 Å². The van der Waals surface area contributed by atoms with Gasteiger partial charge in [0, 0.05) is 28.6 Å². The molecule has 0 unspecified atom stereocenters. The molecule has 0 saturated carbocycles. The minimum absolute atomic E-state index is 0.0320. The van der Waals surface area contributed by atoms with Gasteiger partial charge in [0.2, 0.25) is 0 Å². The van der Waals surface area contributed by atoms with Crippen molar-refractivity contribution in [3.05, 3.63) is 44.5 Å². The normalized spacial score (nSPS) is 12.3. The second-order valence-electron chi connectivity index (χ2n) is 6.07. The summed E-state index contributed by atoms with van der Waals surface area (Å²) < 4.78 is 1.77. The van der Waals surface area contributed by atoms with Crippen LogP contribution in [0.1, 0.15) is 42.1 Å². The van der Waals surface area contributed by atoms with E-state index < -0.39 is 0 Å². The van der Waals surface area contributed by atoms with Gasteiger partial charge in [-0.05, 0) is 39.1 Å². The van der Waals surface area contributed by atoms with Gasteiger partial charge in [-0.1, -0.05) is 32.6 Å². The predicted molar refractivity (Wildman–Crippen MR) is 100 cm³/mol. The van der Waals surface area contributed by atoms with Crippen molar-refractivity contribution < 1.29 is 0 Å². The fourth-order valence-corrected chi connectivity index (χ4v) is 3.34. The van der Waals surface area contributed by atoms with Crippen LogP contribution in [0.3, 0.4) is 0 Å². The maximum Gasteiger partial charge on any atom is 0.259 e. The highest BCUT2D eigenvalue weighted by atomic mass is 16.1. The molecule has 0 aliphatic carbocycles. The van der Waals surface area contributed by atoms with E-state index in [-0.39, 0.29) is 11.5 Å². The van der Waals surface area contributed by atoms with Gasteiger partial charge >= 0.3 is 0 Å². The molecule has 2 aromatic rings. The van der Waals surface area contributed by atoms with Crippen LogP contribution < -0.4 is 16.1 Å². The summed E-state index contributed by atoms with van der Waals surface area (Å²) >= 11 is 0. The van der Waals surface area contributed by atoms with E-state index in [4.69, 9.17) is 0 Å². The molecule has 0 amide bonds. The fraction of sp³-hybridized carbons (Fsp3) is 0.368. The molecule has 1 N–H and O–H groups in total. The minimum Gasteiger partial charge on any atom is -0.316 e. The molecule has 0 radical (unpaired) electrons. The van der Waals surface area contributed by atoms with Crippen molar-refractivity contribution in [3.8, 4) is 0 Å². The van der Waals surface area contributed by atoms with Crippen molar-refractivity contribution in [2.75, 3.05) is 13.6 Å². The molecular formula is C19H25N3O. The maximum absolute atomic E-state index is 13.1. The summed E-state index contributed by atoms with van der Waals surface area (Å²) in [5.74, 6) is 0.155. The summed E-state index contributed by atoms with van der Waals surface area (Å²) in [7, 11) is 1.90. The molecule has 0 bridgehead atoms. The third-order valence-electron chi connectivity index (χ3n) is 4.37. The Kier molecular flexibility index (Phi) is 4.85. The number of aliphatic imine (C=N–C) groups is 1. The van der Waals surface area contributed by atoms with Gasteiger partial charge in [-0.15, -0.1) is 0 Å². The lowest BCUT2D eigenvalue weighted by Crippen LogP contribution is -2.29. The summed E-state index contributed by atoms with van der Waals surface area (Å²) in [5.41, 5.74) is 5.20. The minimum atomic E-state index is 0.0320. The zero-order valence-corrected chi connectivity index (χ0v) is 14.7. The largest absolute Gasteiger partial charge is 0.316 e. The van der Waals surface area contributed by atoms with Crippen molar-refractivity contribution >= 4 is 30.1 Å². The van der Waals surface area contributed by atoms with Crippen molar-refractivity contribution in [1.29, 1.82) is 0 Å². The first-order chi connectivity index (χ1) is 10.9. The van der Waals surface area contributed by atoms with E-state index >= 15 is 0 Å². The zero-order valence-electron chi connectivity index (χ0n) is 14.7. The van der Waals surface area contributed by atoms with Gasteiger partial charge in [0.1, 0.15) is 0 Å². The predicted octanol–water partition coefficient (Wildman–Crippen LogP) is 2.73. The Morgan fingerprint density at radius 1 is 1.35 bits per heavy atom. The Morgan fingerprint density at radius 3 is 2.48 bits per heavy atom. The van der Waals surface area contributed by atoms with Crippen molar-refractivity contribution in [2.45, 2.75) is 33.6 Å². The first kappa shape index (κ1) is 17.2. The number of nitrogens with one attached hydrogen (secondary N) is 1. The third-order valence-corrected chi connectivity index (χ3v) is 4.37. The Hall–Kier alpha value is -2.20. The standard InChI is InChI=1S/C19H25N3O/c1-8-14-13(5)22-18(17(14)21-7)15(9-10-20-6)12(4)16(11(2)3)19(22)23/h8-9,11,20H,1,7,10H2,2-6H3/b15-9-. The number of aromatic nitrogens is 1. The molecule has 4 heteroatoms. The summed E-state index contributed by atoms with van der Waals surface area (Å²) in [6.45, 7) is 16.3. The highest BCUT2D eigenvalue weighted by Crippen LogP contribution is 2.30. The average Bonchev–Trinajstić information content (AvgIpc) is 2.78. The summed E-state index contributed by atoms with van der Waals surface area (Å²) in [5, 5.41) is 4.18. The molecule has 23 heavy (non-hydrogen) atoms. The maximum atomic E-state index is 13.1. The van der Waals surface area contributed by atoms with Crippen LogP contribution in [0, 0.1) is 13.8 Å². The zero-order chi connectivity index (χ0) is 17.3. The van der Waals surface area contributed by atoms with Crippen LogP contribution in [-0.2, 0) is 0 Å². The number of aryl methyl sites for hydroxylation is 1. The van der Waals surface area contributed by atoms with Gasteiger partial charge in [0.25, 0.3) is 5.56 Å². The van der Waals surface area contributed by atoms with Gasteiger partial charge in [-0.25, -0.2) is 0 Å². The number of pyridine rings is 1. The number of fused-ring (bicyclic) bond motifs is 1. The lowest BCUT2D eigenvalue weighted by atomic mass is 9.97. The molecule has 2 aromatic heterocycles. The quantitative estimate of drug-likeness (QED) is 0.863. The molecule has 0 aliphatic rings. The number of hydrogen-bond donors (Lipinski definition) is 1. The molecule has 0 fully saturated rings. The second kappa shape index (κ2) is 6.50. The Morgan fingerprint density at radius 2 is 2.00 bits per heavy atom. The number of hydrogen-bond acceptors (Lipinski definition) is 3. The molecule has 0 saturated heterocycles. The Labute approximate surface area is 137 Å². The summed E-state index contributed by atoms with van der Waals surface area (Å²) in [6, 6.07) is 0. The van der Waals surface area contributed by atoms with Gasteiger partial charge in [0.15, 0.2) is 0 Å². The third kappa shape index (κ3) is 2.53. The average molecular weight is 311 g/mol. The lowest BCUT2D eigenvalue weighted by Gasteiger charge is -2.12.